The Morgan fingerprint density at radius 3 is 2.54 bits per heavy atom. The highest BCUT2D eigenvalue weighted by Crippen LogP contribution is 2.35. The van der Waals surface area contributed by atoms with Crippen LogP contribution in [0.5, 0.6) is 0 Å². The molecule has 3 saturated heterocycles. The lowest BCUT2D eigenvalue weighted by atomic mass is 9.90. The minimum absolute atomic E-state index is 0.170. The number of ether oxygens (including phenoxy) is 1. The second-order valence-corrected chi connectivity index (χ2v) is 8.35. The first-order valence-electron chi connectivity index (χ1n) is 10.5. The van der Waals surface area contributed by atoms with Gasteiger partial charge in [0.1, 0.15) is 5.60 Å². The smallest absolute Gasteiger partial charge is 0.410 e. The van der Waals surface area contributed by atoms with Crippen LogP contribution in [0.4, 0.5) is 4.79 Å². The van der Waals surface area contributed by atoms with E-state index in [0.717, 1.165) is 38.6 Å². The number of carbonyl (C=O) groups excluding carboxylic acids is 2. The first-order chi connectivity index (χ1) is 12.5. The van der Waals surface area contributed by atoms with E-state index in [1.807, 2.05) is 9.80 Å². The molecule has 0 saturated carbocycles. The lowest BCUT2D eigenvalue weighted by Crippen LogP contribution is -2.49. The number of hydrogen-bond acceptors (Lipinski definition) is 4. The van der Waals surface area contributed by atoms with Crippen LogP contribution in [-0.2, 0) is 9.53 Å². The fourth-order valence-electron chi connectivity index (χ4n) is 4.60. The molecule has 0 radical (unpaired) electrons. The lowest BCUT2D eigenvalue weighted by molar-refractivity contribution is -0.134. The van der Waals surface area contributed by atoms with Crippen molar-refractivity contribution >= 4 is 12.0 Å². The molecule has 6 heteroatoms. The molecule has 3 aliphatic heterocycles. The van der Waals surface area contributed by atoms with Gasteiger partial charge in [0, 0.05) is 38.4 Å². The maximum absolute atomic E-state index is 12.5. The molecule has 1 unspecified atom stereocenters. The summed E-state index contributed by atoms with van der Waals surface area (Å²) in [6, 6.07) is 0.233. The Balaban J connectivity index is 1.42. The molecule has 1 atom stereocenters. The van der Waals surface area contributed by atoms with Gasteiger partial charge in [-0.15, -0.1) is 0 Å². The van der Waals surface area contributed by atoms with Crippen LogP contribution >= 0.6 is 0 Å². The number of likely N-dealkylation sites (tertiary alicyclic amines) is 2. The molecular weight excluding hydrogens is 330 g/mol. The molecule has 3 heterocycles. The summed E-state index contributed by atoms with van der Waals surface area (Å²) >= 11 is 0. The molecule has 0 aromatic carbocycles. The molecule has 26 heavy (non-hydrogen) atoms. The average molecular weight is 366 g/mol. The normalized spacial score (nSPS) is 24.3. The van der Waals surface area contributed by atoms with Crippen LogP contribution in [0.3, 0.4) is 0 Å². The fraction of sp³-hybridized carbons (Fsp3) is 0.900. The van der Waals surface area contributed by atoms with Gasteiger partial charge in [-0.05, 0) is 52.2 Å². The molecule has 0 bridgehead atoms. The van der Waals surface area contributed by atoms with Crippen LogP contribution in [0.15, 0.2) is 0 Å². The highest BCUT2D eigenvalue weighted by atomic mass is 16.6. The van der Waals surface area contributed by atoms with Gasteiger partial charge in [0.2, 0.25) is 5.91 Å². The van der Waals surface area contributed by atoms with Crippen molar-refractivity contribution in [2.45, 2.75) is 76.9 Å². The Hall–Kier alpha value is -1.30. The Labute approximate surface area is 157 Å². The van der Waals surface area contributed by atoms with Crippen LogP contribution in [0.2, 0.25) is 0 Å². The zero-order valence-electron chi connectivity index (χ0n) is 16.5. The fourth-order valence-corrected chi connectivity index (χ4v) is 4.60. The average Bonchev–Trinajstić information content (AvgIpc) is 3.24. The molecule has 3 rings (SSSR count). The number of piperidine rings is 1. The first-order valence-corrected chi connectivity index (χ1v) is 10.5. The summed E-state index contributed by atoms with van der Waals surface area (Å²) in [4.78, 5) is 31.1. The Morgan fingerprint density at radius 2 is 1.88 bits per heavy atom. The molecule has 148 valence electrons. The summed E-state index contributed by atoms with van der Waals surface area (Å²) in [6.45, 7) is 9.79. The topological polar surface area (TPSA) is 53.1 Å². The van der Waals surface area contributed by atoms with Gasteiger partial charge >= 0.3 is 6.09 Å². The van der Waals surface area contributed by atoms with E-state index in [0.29, 0.717) is 26.1 Å². The molecule has 0 aromatic heterocycles. The van der Waals surface area contributed by atoms with E-state index in [9.17, 15) is 9.59 Å². The predicted octanol–water partition coefficient (Wildman–Crippen LogP) is 2.86. The van der Waals surface area contributed by atoms with Gasteiger partial charge in [0.05, 0.1) is 6.54 Å². The minimum Gasteiger partial charge on any atom is -0.441 e. The van der Waals surface area contributed by atoms with E-state index >= 15 is 0 Å². The second-order valence-electron chi connectivity index (χ2n) is 8.35. The standard InChI is InChI=1S/C20H35N3O3/c1-3-7-17(2)23-16-20(26-19(23)25)9-14-22(15-10-20)18(24)8-6-13-21-11-4-5-12-21/h17H,3-16H2,1-2H3. The lowest BCUT2D eigenvalue weighted by Gasteiger charge is -2.37. The molecule has 1 spiro atoms. The van der Waals surface area contributed by atoms with Crippen LogP contribution in [0.25, 0.3) is 0 Å². The third-order valence-electron chi connectivity index (χ3n) is 6.33. The van der Waals surface area contributed by atoms with Gasteiger partial charge in [-0.1, -0.05) is 13.3 Å². The Bertz CT molecular complexity index is 497. The summed E-state index contributed by atoms with van der Waals surface area (Å²) in [7, 11) is 0. The summed E-state index contributed by atoms with van der Waals surface area (Å²) < 4.78 is 5.79. The molecule has 2 amide bonds. The van der Waals surface area contributed by atoms with Gasteiger partial charge in [0.15, 0.2) is 0 Å². The van der Waals surface area contributed by atoms with Gasteiger partial charge < -0.3 is 19.4 Å². The molecular formula is C20H35N3O3. The Kier molecular flexibility index (Phi) is 6.43. The second kappa shape index (κ2) is 8.59. The first kappa shape index (κ1) is 19.5. The molecule has 0 N–H and O–H groups in total. The quantitative estimate of drug-likeness (QED) is 0.696. The molecule has 6 nitrogen and oxygen atoms in total. The summed E-state index contributed by atoms with van der Waals surface area (Å²) in [5.41, 5.74) is -0.370. The highest BCUT2D eigenvalue weighted by Gasteiger charge is 2.48. The maximum atomic E-state index is 12.5. The van der Waals surface area contributed by atoms with Crippen molar-refractivity contribution in [3.05, 3.63) is 0 Å². The van der Waals surface area contributed by atoms with E-state index in [1.165, 1.54) is 25.9 Å². The SMILES string of the molecule is CCCC(C)N1CC2(CCN(C(=O)CCCN3CCCC3)CC2)OC1=O. The van der Waals surface area contributed by atoms with Crippen molar-refractivity contribution in [2.24, 2.45) is 0 Å². The largest absolute Gasteiger partial charge is 0.441 e. The maximum Gasteiger partial charge on any atom is 0.410 e. The summed E-state index contributed by atoms with van der Waals surface area (Å²) in [6.07, 6.45) is 7.64. The van der Waals surface area contributed by atoms with E-state index in [-0.39, 0.29) is 23.6 Å². The van der Waals surface area contributed by atoms with Gasteiger partial charge in [-0.25, -0.2) is 4.79 Å². The van der Waals surface area contributed by atoms with Gasteiger partial charge in [-0.3, -0.25) is 4.79 Å². The van der Waals surface area contributed by atoms with Crippen LogP contribution in [0, 0.1) is 0 Å². The van der Waals surface area contributed by atoms with Gasteiger partial charge in [0.25, 0.3) is 0 Å². The monoisotopic (exact) mass is 365 g/mol. The Morgan fingerprint density at radius 1 is 1.19 bits per heavy atom. The highest BCUT2D eigenvalue weighted by molar-refractivity contribution is 5.76. The van der Waals surface area contributed by atoms with Crippen molar-refractivity contribution in [1.29, 1.82) is 0 Å². The van der Waals surface area contributed by atoms with E-state index < -0.39 is 0 Å². The number of rotatable bonds is 7. The van der Waals surface area contributed by atoms with E-state index in [4.69, 9.17) is 4.74 Å². The number of hydrogen-bond donors (Lipinski definition) is 0. The third kappa shape index (κ3) is 4.51. The predicted molar refractivity (Wildman–Crippen MR) is 101 cm³/mol. The molecule has 0 aromatic rings. The van der Waals surface area contributed by atoms with Crippen LogP contribution < -0.4 is 0 Å². The van der Waals surface area contributed by atoms with E-state index in [1.54, 1.807) is 0 Å². The van der Waals surface area contributed by atoms with Crippen molar-refractivity contribution in [3.8, 4) is 0 Å². The van der Waals surface area contributed by atoms with Crippen molar-refractivity contribution in [1.82, 2.24) is 14.7 Å². The summed E-state index contributed by atoms with van der Waals surface area (Å²) in [5, 5.41) is 0. The zero-order chi connectivity index (χ0) is 18.6. The molecule has 0 aliphatic carbocycles. The van der Waals surface area contributed by atoms with Crippen molar-refractivity contribution < 1.29 is 14.3 Å². The van der Waals surface area contributed by atoms with Crippen LogP contribution in [0.1, 0.15) is 65.2 Å². The zero-order valence-corrected chi connectivity index (χ0v) is 16.5. The van der Waals surface area contributed by atoms with Crippen molar-refractivity contribution in [2.75, 3.05) is 39.3 Å². The summed E-state index contributed by atoms with van der Waals surface area (Å²) in [5.74, 6) is 0.263. The van der Waals surface area contributed by atoms with Crippen molar-refractivity contribution in [3.63, 3.8) is 0 Å². The molecule has 3 fully saturated rings. The van der Waals surface area contributed by atoms with Gasteiger partial charge in [-0.2, -0.15) is 0 Å². The number of amides is 2. The van der Waals surface area contributed by atoms with Crippen LogP contribution in [-0.4, -0.2) is 77.6 Å². The number of nitrogens with zero attached hydrogens (tertiary/aromatic N) is 3. The minimum atomic E-state index is -0.370. The number of carbonyl (C=O) groups is 2. The third-order valence-corrected chi connectivity index (χ3v) is 6.33. The van der Waals surface area contributed by atoms with E-state index in [2.05, 4.69) is 18.7 Å². The molecule has 3 aliphatic rings.